The van der Waals surface area contributed by atoms with E-state index in [4.69, 9.17) is 0 Å². The van der Waals surface area contributed by atoms with Gasteiger partial charge in [0.05, 0.1) is 28.1 Å². The molecular weight excluding hydrogens is 456 g/mol. The molecule has 0 spiro atoms. The van der Waals surface area contributed by atoms with Crippen molar-refractivity contribution in [2.45, 2.75) is 11.3 Å². The van der Waals surface area contributed by atoms with E-state index in [9.17, 15) is 18.0 Å². The van der Waals surface area contributed by atoms with Crippen molar-refractivity contribution >= 4 is 49.1 Å². The van der Waals surface area contributed by atoms with Crippen molar-refractivity contribution in [3.05, 3.63) is 65.2 Å². The lowest BCUT2D eigenvalue weighted by molar-refractivity contribution is -0.123. The number of sulfonamides is 1. The molecule has 29 heavy (non-hydrogen) atoms. The summed E-state index contributed by atoms with van der Waals surface area (Å²) in [4.78, 5) is 27.0. The molecule has 4 atom stereocenters. The number of halogens is 1. The fraction of sp³-hybridized carbons (Fsp3) is 0.238. The maximum Gasteiger partial charge on any atom is 0.261 e. The van der Waals surface area contributed by atoms with Gasteiger partial charge in [-0.1, -0.05) is 24.3 Å². The highest BCUT2D eigenvalue weighted by atomic mass is 79.9. The van der Waals surface area contributed by atoms with Gasteiger partial charge in [-0.25, -0.2) is 8.42 Å². The first-order valence-electron chi connectivity index (χ1n) is 9.30. The minimum Gasteiger partial charge on any atom is -0.278 e. The van der Waals surface area contributed by atoms with E-state index in [1.165, 1.54) is 29.2 Å². The van der Waals surface area contributed by atoms with Crippen LogP contribution in [0.1, 0.15) is 6.42 Å². The number of anilines is 2. The van der Waals surface area contributed by atoms with E-state index in [0.29, 0.717) is 15.8 Å². The number of hydrogen-bond donors (Lipinski definition) is 1. The number of nitrogens with zero attached hydrogens (tertiary/aromatic N) is 1. The molecule has 2 aromatic carbocycles. The van der Waals surface area contributed by atoms with E-state index in [-0.39, 0.29) is 40.4 Å². The lowest BCUT2D eigenvalue weighted by atomic mass is 9.85. The van der Waals surface area contributed by atoms with E-state index >= 15 is 0 Å². The number of allylic oxidation sites excluding steroid dienone is 2. The van der Waals surface area contributed by atoms with Crippen LogP contribution in [-0.2, 0) is 19.6 Å². The van der Waals surface area contributed by atoms with E-state index < -0.39 is 10.0 Å². The standard InChI is InChI=1S/C21H17BrN2O4S/c22-16-3-1-2-4-17(16)23-29(27,28)15-9-7-14(8-10-15)24-20(25)18-12-5-6-13(11-12)19(18)21(24)26/h1-10,12-13,18-19,23H,11H2/t12-,13?,18+,19-/m0/s1. The Balaban J connectivity index is 1.40. The number of amides is 2. The van der Waals surface area contributed by atoms with Crippen LogP contribution in [0.3, 0.4) is 0 Å². The van der Waals surface area contributed by atoms with Gasteiger partial charge in [-0.05, 0) is 70.6 Å². The molecule has 2 bridgehead atoms. The SMILES string of the molecule is O=C1[C@@H]2[C@H]3C=CC(C3)[C@@H]2C(=O)N1c1ccc(S(=O)(=O)Nc2ccccc2Br)cc1. The van der Waals surface area contributed by atoms with E-state index in [2.05, 4.69) is 20.7 Å². The average molecular weight is 473 g/mol. The van der Waals surface area contributed by atoms with Crippen LogP contribution in [-0.4, -0.2) is 20.2 Å². The zero-order chi connectivity index (χ0) is 20.3. The van der Waals surface area contributed by atoms with Crippen molar-refractivity contribution in [1.29, 1.82) is 0 Å². The van der Waals surface area contributed by atoms with Crippen LogP contribution in [0.15, 0.2) is 70.1 Å². The van der Waals surface area contributed by atoms with Crippen molar-refractivity contribution in [3.63, 3.8) is 0 Å². The average Bonchev–Trinajstić information content (AvgIpc) is 3.38. The van der Waals surface area contributed by atoms with Crippen molar-refractivity contribution in [2.75, 3.05) is 9.62 Å². The Labute approximate surface area is 176 Å². The second-order valence-corrected chi connectivity index (χ2v) is 10.1. The van der Waals surface area contributed by atoms with Crippen LogP contribution in [0.4, 0.5) is 11.4 Å². The molecular formula is C21H17BrN2O4S. The minimum absolute atomic E-state index is 0.0537. The Morgan fingerprint density at radius 2 is 1.48 bits per heavy atom. The molecule has 6 nitrogen and oxygen atoms in total. The van der Waals surface area contributed by atoms with Crippen molar-refractivity contribution in [2.24, 2.45) is 23.7 Å². The quantitative estimate of drug-likeness (QED) is 0.544. The molecule has 2 fully saturated rings. The lowest BCUT2D eigenvalue weighted by Crippen LogP contribution is -2.32. The third-order valence-corrected chi connectivity index (χ3v) is 8.07. The summed E-state index contributed by atoms with van der Waals surface area (Å²) >= 11 is 3.32. The zero-order valence-corrected chi connectivity index (χ0v) is 17.6. The van der Waals surface area contributed by atoms with Crippen LogP contribution in [0, 0.1) is 23.7 Å². The Kier molecular flexibility index (Phi) is 4.18. The summed E-state index contributed by atoms with van der Waals surface area (Å²) in [5, 5.41) is 0. The molecule has 0 radical (unpaired) electrons. The van der Waals surface area contributed by atoms with Gasteiger partial charge in [-0.15, -0.1) is 0 Å². The van der Waals surface area contributed by atoms with Gasteiger partial charge in [0.2, 0.25) is 11.8 Å². The van der Waals surface area contributed by atoms with Gasteiger partial charge < -0.3 is 0 Å². The normalized spacial score (nSPS) is 27.6. The Bertz CT molecular complexity index is 1130. The number of imide groups is 1. The monoisotopic (exact) mass is 472 g/mol. The summed E-state index contributed by atoms with van der Waals surface area (Å²) < 4.78 is 28.5. The highest BCUT2D eigenvalue weighted by molar-refractivity contribution is 9.10. The van der Waals surface area contributed by atoms with Gasteiger partial charge in [0.25, 0.3) is 10.0 Å². The zero-order valence-electron chi connectivity index (χ0n) is 15.2. The first-order valence-corrected chi connectivity index (χ1v) is 11.6. The summed E-state index contributed by atoms with van der Waals surface area (Å²) in [7, 11) is -3.80. The second kappa shape index (κ2) is 6.53. The first-order chi connectivity index (χ1) is 13.9. The highest BCUT2D eigenvalue weighted by Crippen LogP contribution is 2.53. The van der Waals surface area contributed by atoms with Gasteiger partial charge in [0, 0.05) is 4.47 Å². The third kappa shape index (κ3) is 2.85. The summed E-state index contributed by atoms with van der Waals surface area (Å²) in [6.45, 7) is 0. The number of fused-ring (bicyclic) bond motifs is 5. The van der Waals surface area contributed by atoms with Gasteiger partial charge in [0.15, 0.2) is 0 Å². The Morgan fingerprint density at radius 3 is 2.07 bits per heavy atom. The van der Waals surface area contributed by atoms with Crippen molar-refractivity contribution in [1.82, 2.24) is 0 Å². The summed E-state index contributed by atoms with van der Waals surface area (Å²) in [6.07, 6.45) is 4.96. The van der Waals surface area contributed by atoms with Gasteiger partial charge in [0.1, 0.15) is 0 Å². The fourth-order valence-corrected chi connectivity index (χ4v) is 6.27. The molecule has 2 amide bonds. The maximum atomic E-state index is 12.9. The fourth-order valence-electron chi connectivity index (χ4n) is 4.68. The summed E-state index contributed by atoms with van der Waals surface area (Å²) in [5.41, 5.74) is 0.839. The van der Waals surface area contributed by atoms with Gasteiger partial charge in [-0.2, -0.15) is 0 Å². The van der Waals surface area contributed by atoms with Crippen LogP contribution < -0.4 is 9.62 Å². The molecule has 1 heterocycles. The van der Waals surface area contributed by atoms with Crippen molar-refractivity contribution < 1.29 is 18.0 Å². The number of hydrogen-bond acceptors (Lipinski definition) is 4. The lowest BCUT2D eigenvalue weighted by Gasteiger charge is -2.18. The number of benzene rings is 2. The van der Waals surface area contributed by atoms with Crippen LogP contribution in [0.25, 0.3) is 0 Å². The van der Waals surface area contributed by atoms with E-state index in [1.807, 2.05) is 12.2 Å². The molecule has 1 aliphatic heterocycles. The highest BCUT2D eigenvalue weighted by Gasteiger charge is 2.59. The number of nitrogens with one attached hydrogen (secondary N) is 1. The first kappa shape index (κ1) is 18.6. The molecule has 1 unspecified atom stereocenters. The van der Waals surface area contributed by atoms with Gasteiger partial charge in [-0.3, -0.25) is 19.2 Å². The number of carbonyl (C=O) groups excluding carboxylic acids is 2. The van der Waals surface area contributed by atoms with Gasteiger partial charge >= 0.3 is 0 Å². The maximum absolute atomic E-state index is 12.9. The minimum atomic E-state index is -3.80. The van der Waals surface area contributed by atoms with Crippen molar-refractivity contribution in [3.8, 4) is 0 Å². The van der Waals surface area contributed by atoms with E-state index in [1.54, 1.807) is 24.3 Å². The molecule has 1 N–H and O–H groups in total. The number of para-hydroxylation sites is 1. The Hall–Kier alpha value is -2.45. The molecule has 8 heteroatoms. The van der Waals surface area contributed by atoms with E-state index in [0.717, 1.165) is 6.42 Å². The molecule has 0 aromatic heterocycles. The molecule has 148 valence electrons. The second-order valence-electron chi connectivity index (χ2n) is 7.59. The largest absolute Gasteiger partial charge is 0.278 e. The molecule has 3 aliphatic rings. The smallest absolute Gasteiger partial charge is 0.261 e. The molecule has 1 saturated heterocycles. The summed E-state index contributed by atoms with van der Waals surface area (Å²) in [6, 6.07) is 12.8. The summed E-state index contributed by atoms with van der Waals surface area (Å²) in [5.74, 6) is -0.646. The topological polar surface area (TPSA) is 83.6 Å². The molecule has 5 rings (SSSR count). The molecule has 2 aromatic rings. The van der Waals surface area contributed by atoms with Crippen LogP contribution in [0.5, 0.6) is 0 Å². The van der Waals surface area contributed by atoms with Crippen LogP contribution >= 0.6 is 15.9 Å². The third-order valence-electron chi connectivity index (χ3n) is 5.99. The molecule has 1 saturated carbocycles. The predicted octanol–water partition coefficient (Wildman–Crippen LogP) is 3.56. The Morgan fingerprint density at radius 1 is 0.897 bits per heavy atom. The number of carbonyl (C=O) groups is 2. The molecule has 2 aliphatic carbocycles. The predicted molar refractivity (Wildman–Crippen MR) is 112 cm³/mol. The van der Waals surface area contributed by atoms with Crippen LogP contribution in [0.2, 0.25) is 0 Å². The number of rotatable bonds is 4.